The van der Waals surface area contributed by atoms with Gasteiger partial charge in [-0.05, 0) is 25.5 Å². The number of hydrogen-bond donors (Lipinski definition) is 1. The van der Waals surface area contributed by atoms with Crippen molar-refractivity contribution in [3.8, 4) is 0 Å². The van der Waals surface area contributed by atoms with E-state index < -0.39 is 11.8 Å². The Labute approximate surface area is 104 Å². The van der Waals surface area contributed by atoms with Gasteiger partial charge in [0.1, 0.15) is 5.82 Å². The first-order valence-corrected chi connectivity index (χ1v) is 5.79. The Balaban J connectivity index is 2.03. The molecule has 1 aromatic rings. The van der Waals surface area contributed by atoms with E-state index in [2.05, 4.69) is 0 Å². The number of benzene rings is 1. The van der Waals surface area contributed by atoms with Crippen molar-refractivity contribution in [1.82, 2.24) is 0 Å². The molecule has 2 rings (SSSR count). The second kappa shape index (κ2) is 5.04. The molecule has 0 radical (unpaired) electrons. The zero-order valence-corrected chi connectivity index (χ0v) is 10.1. The lowest BCUT2D eigenvalue weighted by atomic mass is 10.1. The highest BCUT2D eigenvalue weighted by molar-refractivity contribution is 5.66. The van der Waals surface area contributed by atoms with Gasteiger partial charge in [0.15, 0.2) is 5.79 Å². The van der Waals surface area contributed by atoms with Crippen LogP contribution in [0.2, 0.25) is 0 Å². The number of hydrogen-bond acceptors (Lipinski definition) is 3. The minimum atomic E-state index is -0.995. The number of aliphatic carboxylic acids is 1. The maximum absolute atomic E-state index is 13.2. The molecule has 0 bridgehead atoms. The molecule has 1 aromatic carbocycles. The van der Waals surface area contributed by atoms with Crippen molar-refractivity contribution in [3.05, 3.63) is 35.6 Å². The Kier molecular flexibility index (Phi) is 3.63. The van der Waals surface area contributed by atoms with Crippen LogP contribution in [0.1, 0.15) is 25.3 Å². The Morgan fingerprint density at radius 1 is 1.61 bits per heavy atom. The molecule has 2 unspecified atom stereocenters. The third-order valence-corrected chi connectivity index (χ3v) is 2.97. The van der Waals surface area contributed by atoms with Crippen molar-refractivity contribution in [2.24, 2.45) is 0 Å². The summed E-state index contributed by atoms with van der Waals surface area (Å²) in [5, 5.41) is 8.61. The van der Waals surface area contributed by atoms with Crippen LogP contribution in [0.3, 0.4) is 0 Å². The monoisotopic (exact) mass is 254 g/mol. The summed E-state index contributed by atoms with van der Waals surface area (Å²) in [6.45, 7) is 2.03. The molecule has 5 heteroatoms. The normalized spacial score (nSPS) is 27.3. The van der Waals surface area contributed by atoms with Gasteiger partial charge in [0, 0.05) is 12.0 Å². The molecule has 1 aliphatic rings. The molecule has 0 aromatic heterocycles. The molecule has 0 saturated carbocycles. The highest BCUT2D eigenvalue weighted by Gasteiger charge is 2.38. The van der Waals surface area contributed by atoms with Crippen molar-refractivity contribution >= 4 is 5.97 Å². The van der Waals surface area contributed by atoms with Gasteiger partial charge in [-0.2, -0.15) is 0 Å². The van der Waals surface area contributed by atoms with E-state index in [1.165, 1.54) is 12.1 Å². The van der Waals surface area contributed by atoms with Crippen LogP contribution in [-0.4, -0.2) is 23.8 Å². The third kappa shape index (κ3) is 2.86. The van der Waals surface area contributed by atoms with E-state index in [-0.39, 0.29) is 18.3 Å². The topological polar surface area (TPSA) is 55.8 Å². The van der Waals surface area contributed by atoms with Crippen LogP contribution in [0.25, 0.3) is 0 Å². The summed E-state index contributed by atoms with van der Waals surface area (Å²) in [6, 6.07) is 6.03. The summed E-state index contributed by atoms with van der Waals surface area (Å²) in [6.07, 6.45) is 0.155. The molecule has 0 spiro atoms. The minimum absolute atomic E-state index is 0.0350. The highest BCUT2D eigenvalue weighted by Crippen LogP contribution is 2.35. The predicted molar refractivity (Wildman–Crippen MR) is 61.4 cm³/mol. The smallest absolute Gasteiger partial charge is 0.303 e. The van der Waals surface area contributed by atoms with Crippen molar-refractivity contribution in [2.75, 3.05) is 6.61 Å². The molecule has 0 amide bonds. The van der Waals surface area contributed by atoms with Crippen LogP contribution in [-0.2, 0) is 20.1 Å². The first kappa shape index (κ1) is 13.0. The molecular formula is C13H15FO4. The molecule has 4 nitrogen and oxygen atoms in total. The molecular weight excluding hydrogens is 239 g/mol. The fourth-order valence-corrected chi connectivity index (χ4v) is 1.99. The summed E-state index contributed by atoms with van der Waals surface area (Å²) >= 11 is 0. The third-order valence-electron chi connectivity index (χ3n) is 2.97. The lowest BCUT2D eigenvalue weighted by Crippen LogP contribution is -2.24. The van der Waals surface area contributed by atoms with Gasteiger partial charge >= 0.3 is 5.97 Å². The van der Waals surface area contributed by atoms with Gasteiger partial charge in [-0.1, -0.05) is 12.1 Å². The molecule has 1 N–H and O–H groups in total. The lowest BCUT2D eigenvalue weighted by Gasteiger charge is -2.23. The Morgan fingerprint density at radius 3 is 3.06 bits per heavy atom. The van der Waals surface area contributed by atoms with E-state index in [9.17, 15) is 9.18 Å². The van der Waals surface area contributed by atoms with Crippen LogP contribution < -0.4 is 0 Å². The van der Waals surface area contributed by atoms with Gasteiger partial charge in [-0.25, -0.2) is 4.39 Å². The van der Waals surface area contributed by atoms with Crippen LogP contribution in [0, 0.1) is 5.82 Å². The van der Waals surface area contributed by atoms with Gasteiger partial charge in [0.05, 0.1) is 12.7 Å². The maximum Gasteiger partial charge on any atom is 0.303 e. The molecule has 1 fully saturated rings. The predicted octanol–water partition coefficient (Wildman–Crippen LogP) is 2.28. The SMILES string of the molecule is CC1(c2cccc(F)c2)OCC(CCC(=O)O)O1. The number of carboxylic acid groups (broad SMARTS) is 1. The van der Waals surface area contributed by atoms with Gasteiger partial charge in [-0.3, -0.25) is 4.79 Å². The van der Waals surface area contributed by atoms with E-state index in [0.717, 1.165) is 0 Å². The Bertz CT molecular complexity index is 448. The molecule has 2 atom stereocenters. The van der Waals surface area contributed by atoms with E-state index in [0.29, 0.717) is 18.6 Å². The van der Waals surface area contributed by atoms with Crippen molar-refractivity contribution in [2.45, 2.75) is 31.7 Å². The van der Waals surface area contributed by atoms with E-state index in [1.807, 2.05) is 0 Å². The van der Waals surface area contributed by atoms with Gasteiger partial charge in [-0.15, -0.1) is 0 Å². The molecule has 0 aliphatic carbocycles. The van der Waals surface area contributed by atoms with Crippen molar-refractivity contribution in [1.29, 1.82) is 0 Å². The second-order valence-electron chi connectivity index (χ2n) is 4.44. The first-order chi connectivity index (χ1) is 8.49. The number of ether oxygens (including phenoxy) is 2. The first-order valence-electron chi connectivity index (χ1n) is 5.79. The number of halogens is 1. The van der Waals surface area contributed by atoms with Gasteiger partial charge in [0.25, 0.3) is 0 Å². The quantitative estimate of drug-likeness (QED) is 0.895. The number of carbonyl (C=O) groups is 1. The van der Waals surface area contributed by atoms with E-state index >= 15 is 0 Å². The lowest BCUT2D eigenvalue weighted by molar-refractivity contribution is -0.163. The van der Waals surface area contributed by atoms with Crippen LogP contribution in [0.4, 0.5) is 4.39 Å². The van der Waals surface area contributed by atoms with Gasteiger partial charge in [0.2, 0.25) is 0 Å². The molecule has 18 heavy (non-hydrogen) atoms. The Hall–Kier alpha value is -1.46. The maximum atomic E-state index is 13.2. The molecule has 1 heterocycles. The largest absolute Gasteiger partial charge is 0.481 e. The van der Waals surface area contributed by atoms with E-state index in [1.54, 1.807) is 19.1 Å². The summed E-state index contributed by atoms with van der Waals surface area (Å²) < 4.78 is 24.4. The fourth-order valence-electron chi connectivity index (χ4n) is 1.99. The Morgan fingerprint density at radius 2 is 2.39 bits per heavy atom. The summed E-state index contributed by atoms with van der Waals surface area (Å²) in [7, 11) is 0. The molecule has 1 aliphatic heterocycles. The van der Waals surface area contributed by atoms with Crippen molar-refractivity contribution < 1.29 is 23.8 Å². The van der Waals surface area contributed by atoms with Crippen LogP contribution in [0.5, 0.6) is 0 Å². The van der Waals surface area contributed by atoms with Crippen molar-refractivity contribution in [3.63, 3.8) is 0 Å². The number of rotatable bonds is 4. The summed E-state index contributed by atoms with van der Waals surface area (Å²) in [5.74, 6) is -2.21. The van der Waals surface area contributed by atoms with Crippen LogP contribution >= 0.6 is 0 Å². The van der Waals surface area contributed by atoms with Gasteiger partial charge < -0.3 is 14.6 Å². The fraction of sp³-hybridized carbons (Fsp3) is 0.462. The summed E-state index contributed by atoms with van der Waals surface area (Å²) in [4.78, 5) is 10.5. The number of carboxylic acids is 1. The summed E-state index contributed by atoms with van der Waals surface area (Å²) in [5.41, 5.74) is 0.598. The molecule has 98 valence electrons. The second-order valence-corrected chi connectivity index (χ2v) is 4.44. The average molecular weight is 254 g/mol. The average Bonchev–Trinajstić information content (AvgIpc) is 2.70. The van der Waals surface area contributed by atoms with E-state index in [4.69, 9.17) is 14.6 Å². The standard InChI is InChI=1S/C13H15FO4/c1-13(9-3-2-4-10(14)7-9)17-8-11(18-13)5-6-12(15)16/h2-4,7,11H,5-6,8H2,1H3,(H,15,16). The molecule has 1 saturated heterocycles. The highest BCUT2D eigenvalue weighted by atomic mass is 19.1. The minimum Gasteiger partial charge on any atom is -0.481 e. The zero-order valence-electron chi connectivity index (χ0n) is 10.1. The van der Waals surface area contributed by atoms with Crippen LogP contribution in [0.15, 0.2) is 24.3 Å². The zero-order chi connectivity index (χ0) is 13.2.